The SMILES string of the molecule is O=C(NC[C@@](O)(c1ccoc1)c1cccs1)c1ccc(C(F)(F)F)nc1. The van der Waals surface area contributed by atoms with Gasteiger partial charge in [-0.1, -0.05) is 6.07 Å². The maximum absolute atomic E-state index is 12.5. The van der Waals surface area contributed by atoms with E-state index in [1.54, 1.807) is 23.6 Å². The molecule has 0 spiro atoms. The molecule has 3 aromatic rings. The predicted molar refractivity (Wildman–Crippen MR) is 87.6 cm³/mol. The number of nitrogens with zero attached hydrogens (tertiary/aromatic N) is 1. The Labute approximate surface area is 150 Å². The maximum Gasteiger partial charge on any atom is 0.433 e. The van der Waals surface area contributed by atoms with Gasteiger partial charge in [0.25, 0.3) is 5.91 Å². The van der Waals surface area contributed by atoms with E-state index in [-0.39, 0.29) is 12.1 Å². The van der Waals surface area contributed by atoms with Crippen molar-refractivity contribution in [1.29, 1.82) is 0 Å². The van der Waals surface area contributed by atoms with Crippen molar-refractivity contribution >= 4 is 17.2 Å². The summed E-state index contributed by atoms with van der Waals surface area (Å²) in [6.07, 6.45) is -0.961. The molecule has 0 aliphatic rings. The lowest BCUT2D eigenvalue weighted by Crippen LogP contribution is -2.41. The molecule has 26 heavy (non-hydrogen) atoms. The standard InChI is InChI=1S/C17H13F3N2O3S/c18-17(19,20)13-4-3-11(8-21-13)15(23)22-10-16(24,12-5-6-25-9-12)14-2-1-7-26-14/h1-9,24H,10H2,(H,22,23)/t16-/m1/s1. The average Bonchev–Trinajstić information content (AvgIpc) is 3.32. The number of carbonyl (C=O) groups is 1. The largest absolute Gasteiger partial charge is 0.472 e. The van der Waals surface area contributed by atoms with Gasteiger partial charge in [-0.25, -0.2) is 0 Å². The Kier molecular flexibility index (Phi) is 4.84. The topological polar surface area (TPSA) is 75.4 Å². The van der Waals surface area contributed by atoms with E-state index in [1.165, 1.54) is 23.9 Å². The van der Waals surface area contributed by atoms with E-state index in [9.17, 15) is 23.1 Å². The summed E-state index contributed by atoms with van der Waals surface area (Å²) in [4.78, 5) is 16.1. The maximum atomic E-state index is 12.5. The molecule has 0 bridgehead atoms. The molecule has 0 saturated carbocycles. The number of alkyl halides is 3. The second-order valence-electron chi connectivity index (χ2n) is 5.46. The molecule has 0 aromatic carbocycles. The summed E-state index contributed by atoms with van der Waals surface area (Å²) in [6, 6.07) is 6.81. The number of thiophene rings is 1. The van der Waals surface area contributed by atoms with Crippen molar-refractivity contribution in [2.24, 2.45) is 0 Å². The molecule has 0 fully saturated rings. The summed E-state index contributed by atoms with van der Waals surface area (Å²) in [5.74, 6) is -0.648. The summed E-state index contributed by atoms with van der Waals surface area (Å²) >= 11 is 1.30. The minimum Gasteiger partial charge on any atom is -0.472 e. The smallest absolute Gasteiger partial charge is 0.433 e. The van der Waals surface area contributed by atoms with Crippen LogP contribution >= 0.6 is 11.3 Å². The molecular formula is C17H13F3N2O3S. The van der Waals surface area contributed by atoms with Gasteiger partial charge in [-0.05, 0) is 29.6 Å². The van der Waals surface area contributed by atoms with Crippen LogP contribution in [0.4, 0.5) is 13.2 Å². The number of amides is 1. The van der Waals surface area contributed by atoms with Crippen LogP contribution < -0.4 is 5.32 Å². The van der Waals surface area contributed by atoms with Crippen LogP contribution in [0.5, 0.6) is 0 Å². The van der Waals surface area contributed by atoms with E-state index in [0.717, 1.165) is 18.3 Å². The lowest BCUT2D eigenvalue weighted by molar-refractivity contribution is -0.141. The van der Waals surface area contributed by atoms with E-state index in [0.29, 0.717) is 10.4 Å². The number of halogens is 3. The Balaban J connectivity index is 1.76. The lowest BCUT2D eigenvalue weighted by atomic mass is 9.94. The second kappa shape index (κ2) is 6.93. The van der Waals surface area contributed by atoms with Crippen LogP contribution in [0.3, 0.4) is 0 Å². The zero-order chi connectivity index (χ0) is 18.8. The Morgan fingerprint density at radius 1 is 1.27 bits per heavy atom. The molecular weight excluding hydrogens is 369 g/mol. The van der Waals surface area contributed by atoms with Gasteiger partial charge in [0.05, 0.1) is 24.6 Å². The van der Waals surface area contributed by atoms with Crippen molar-refractivity contribution in [2.75, 3.05) is 6.54 Å². The molecule has 0 saturated heterocycles. The molecule has 9 heteroatoms. The van der Waals surface area contributed by atoms with E-state index >= 15 is 0 Å². The Bertz CT molecular complexity index is 826. The summed E-state index contributed by atoms with van der Waals surface area (Å²) in [6.45, 7) is -0.188. The lowest BCUT2D eigenvalue weighted by Gasteiger charge is -2.26. The number of rotatable bonds is 5. The van der Waals surface area contributed by atoms with Crippen LogP contribution in [0.15, 0.2) is 58.9 Å². The Morgan fingerprint density at radius 3 is 2.62 bits per heavy atom. The van der Waals surface area contributed by atoms with Gasteiger partial charge in [0.1, 0.15) is 11.3 Å². The Morgan fingerprint density at radius 2 is 2.08 bits per heavy atom. The highest BCUT2D eigenvalue weighted by Gasteiger charge is 2.35. The third-order valence-corrected chi connectivity index (χ3v) is 4.77. The number of pyridine rings is 1. The van der Waals surface area contributed by atoms with Gasteiger partial charge >= 0.3 is 6.18 Å². The molecule has 3 aromatic heterocycles. The van der Waals surface area contributed by atoms with Crippen LogP contribution in [0, 0.1) is 0 Å². The average molecular weight is 382 g/mol. The molecule has 3 rings (SSSR count). The third-order valence-electron chi connectivity index (χ3n) is 3.75. The van der Waals surface area contributed by atoms with Crippen molar-refractivity contribution in [3.8, 4) is 0 Å². The van der Waals surface area contributed by atoms with E-state index in [4.69, 9.17) is 4.42 Å². The first kappa shape index (κ1) is 18.2. The van der Waals surface area contributed by atoms with Crippen LogP contribution in [-0.4, -0.2) is 22.5 Å². The summed E-state index contributed by atoms with van der Waals surface area (Å²) in [7, 11) is 0. The highest BCUT2D eigenvalue weighted by molar-refractivity contribution is 7.10. The van der Waals surface area contributed by atoms with E-state index < -0.39 is 23.4 Å². The number of hydrogen-bond donors (Lipinski definition) is 2. The minimum absolute atomic E-state index is 0.0428. The van der Waals surface area contributed by atoms with Gasteiger partial charge in [-0.2, -0.15) is 13.2 Å². The van der Waals surface area contributed by atoms with Crippen molar-refractivity contribution in [3.63, 3.8) is 0 Å². The van der Waals surface area contributed by atoms with Crippen molar-refractivity contribution in [3.05, 3.63) is 76.1 Å². The van der Waals surface area contributed by atoms with Crippen LogP contribution in [0.1, 0.15) is 26.5 Å². The minimum atomic E-state index is -4.57. The molecule has 136 valence electrons. The molecule has 0 unspecified atom stereocenters. The van der Waals surface area contributed by atoms with Gasteiger partial charge < -0.3 is 14.8 Å². The van der Waals surface area contributed by atoms with Gasteiger partial charge in [0.15, 0.2) is 0 Å². The molecule has 1 amide bonds. The van der Waals surface area contributed by atoms with E-state index in [1.807, 2.05) is 0 Å². The van der Waals surface area contributed by atoms with Crippen molar-refractivity contribution < 1.29 is 27.5 Å². The first-order chi connectivity index (χ1) is 12.3. The highest BCUT2D eigenvalue weighted by atomic mass is 32.1. The van der Waals surface area contributed by atoms with Gasteiger partial charge in [-0.3, -0.25) is 9.78 Å². The molecule has 0 aliphatic carbocycles. The van der Waals surface area contributed by atoms with Crippen LogP contribution in [0.2, 0.25) is 0 Å². The number of nitrogens with one attached hydrogen (secondary N) is 1. The first-order valence-electron chi connectivity index (χ1n) is 7.41. The quantitative estimate of drug-likeness (QED) is 0.709. The number of aliphatic hydroxyl groups is 1. The molecule has 0 radical (unpaired) electrons. The molecule has 1 atom stereocenters. The fourth-order valence-corrected chi connectivity index (χ4v) is 3.20. The molecule has 5 nitrogen and oxygen atoms in total. The monoisotopic (exact) mass is 382 g/mol. The summed E-state index contributed by atoms with van der Waals surface area (Å²) in [5.41, 5.74) is -2.19. The normalized spacial score (nSPS) is 14.0. The molecule has 0 aliphatic heterocycles. The molecule has 3 heterocycles. The van der Waals surface area contributed by atoms with Crippen LogP contribution in [-0.2, 0) is 11.8 Å². The van der Waals surface area contributed by atoms with Gasteiger partial charge in [0, 0.05) is 16.6 Å². The zero-order valence-electron chi connectivity index (χ0n) is 13.2. The summed E-state index contributed by atoms with van der Waals surface area (Å²) in [5, 5.41) is 15.4. The van der Waals surface area contributed by atoms with Gasteiger partial charge in [-0.15, -0.1) is 11.3 Å². The fourth-order valence-electron chi connectivity index (χ4n) is 2.35. The predicted octanol–water partition coefficient (Wildman–Crippen LogP) is 3.42. The van der Waals surface area contributed by atoms with Crippen molar-refractivity contribution in [2.45, 2.75) is 11.8 Å². The number of carbonyl (C=O) groups excluding carboxylic acids is 1. The number of furan rings is 1. The third kappa shape index (κ3) is 3.63. The number of aromatic nitrogens is 1. The van der Waals surface area contributed by atoms with Crippen LogP contribution in [0.25, 0.3) is 0 Å². The molecule has 2 N–H and O–H groups in total. The second-order valence-corrected chi connectivity index (χ2v) is 6.41. The zero-order valence-corrected chi connectivity index (χ0v) is 14.0. The van der Waals surface area contributed by atoms with Crippen molar-refractivity contribution in [1.82, 2.24) is 10.3 Å². The Hall–Kier alpha value is -2.65. The first-order valence-corrected chi connectivity index (χ1v) is 8.29. The highest BCUT2D eigenvalue weighted by Crippen LogP contribution is 2.32. The van der Waals surface area contributed by atoms with Gasteiger partial charge in [0.2, 0.25) is 0 Å². The summed E-state index contributed by atoms with van der Waals surface area (Å²) < 4.78 is 42.6. The number of hydrogen-bond acceptors (Lipinski definition) is 5. The fraction of sp³-hybridized carbons (Fsp3) is 0.176. The van der Waals surface area contributed by atoms with E-state index in [2.05, 4.69) is 10.3 Å².